The fraction of sp³-hybridized carbons (Fsp3) is 0.208. The van der Waals surface area contributed by atoms with E-state index >= 15 is 0 Å². The number of oxazole rings is 1. The van der Waals surface area contributed by atoms with Crippen LogP contribution < -0.4 is 5.14 Å². The maximum atomic E-state index is 14.5. The quantitative estimate of drug-likeness (QED) is 0.378. The second-order valence-corrected chi connectivity index (χ2v) is 9.43. The number of benzene rings is 2. The van der Waals surface area contributed by atoms with Crippen LogP contribution in [0.2, 0.25) is 0 Å². The number of halogens is 2. The summed E-state index contributed by atoms with van der Waals surface area (Å²) in [7, 11) is -1.95. The Morgan fingerprint density at radius 3 is 2.54 bits per heavy atom. The van der Waals surface area contributed by atoms with Crippen LogP contribution in [0, 0.1) is 17.6 Å². The van der Waals surface area contributed by atoms with Crippen LogP contribution in [0.3, 0.4) is 0 Å². The van der Waals surface area contributed by atoms with Gasteiger partial charge in [-0.05, 0) is 67.1 Å². The summed E-state index contributed by atoms with van der Waals surface area (Å²) in [5, 5.41) is 19.3. The van der Waals surface area contributed by atoms with Gasteiger partial charge in [-0.1, -0.05) is 6.07 Å². The van der Waals surface area contributed by atoms with Crippen LogP contribution in [0.4, 0.5) is 8.78 Å². The zero-order valence-electron chi connectivity index (χ0n) is 18.3. The maximum Gasteiger partial charge on any atom is 0.357 e. The van der Waals surface area contributed by atoms with E-state index in [-0.39, 0.29) is 23.0 Å². The molecule has 35 heavy (non-hydrogen) atoms. The average molecular weight is 499 g/mol. The highest BCUT2D eigenvalue weighted by Gasteiger charge is 2.30. The molecule has 0 amide bonds. The molecule has 4 aromatic rings. The molecule has 1 aliphatic carbocycles. The third kappa shape index (κ3) is 4.77. The van der Waals surface area contributed by atoms with Crippen molar-refractivity contribution in [3.8, 4) is 17.3 Å². The van der Waals surface area contributed by atoms with E-state index in [2.05, 4.69) is 10.1 Å². The van der Waals surface area contributed by atoms with Gasteiger partial charge in [-0.25, -0.2) is 22.9 Å². The first-order valence-corrected chi connectivity index (χ1v) is 12.0. The molecular weight excluding hydrogens is 478 g/mol. The van der Waals surface area contributed by atoms with E-state index in [0.29, 0.717) is 29.2 Å². The van der Waals surface area contributed by atoms with Crippen molar-refractivity contribution in [2.75, 3.05) is 0 Å². The van der Waals surface area contributed by atoms with E-state index < -0.39 is 28.6 Å². The molecule has 2 aromatic heterocycles. The minimum Gasteiger partial charge on any atom is -0.476 e. The molecule has 1 fully saturated rings. The minimum atomic E-state index is -1.95. The van der Waals surface area contributed by atoms with Crippen molar-refractivity contribution in [3.05, 3.63) is 82.9 Å². The largest absolute Gasteiger partial charge is 0.476 e. The molecule has 11 heteroatoms. The molecule has 1 atom stereocenters. The fourth-order valence-corrected chi connectivity index (χ4v) is 4.41. The number of hydrogen-bond acceptors (Lipinski definition) is 5. The number of carbonyl (C=O) groups is 1. The Morgan fingerprint density at radius 2 is 1.94 bits per heavy atom. The van der Waals surface area contributed by atoms with Gasteiger partial charge in [-0.15, -0.1) is 0 Å². The van der Waals surface area contributed by atoms with E-state index in [1.54, 1.807) is 18.2 Å². The third-order valence-corrected chi connectivity index (χ3v) is 6.64. The van der Waals surface area contributed by atoms with E-state index in [1.807, 2.05) is 0 Å². The second-order valence-electron chi connectivity index (χ2n) is 8.40. The van der Waals surface area contributed by atoms with Crippen LogP contribution in [-0.2, 0) is 23.8 Å². The number of carboxylic acids is 1. The molecule has 2 aromatic carbocycles. The van der Waals surface area contributed by atoms with Gasteiger partial charge in [0, 0.05) is 17.5 Å². The van der Waals surface area contributed by atoms with Crippen LogP contribution in [0.25, 0.3) is 17.3 Å². The third-order valence-electron chi connectivity index (χ3n) is 5.87. The zero-order valence-corrected chi connectivity index (χ0v) is 19.1. The van der Waals surface area contributed by atoms with Crippen LogP contribution in [0.15, 0.2) is 58.0 Å². The zero-order chi connectivity index (χ0) is 24.7. The Labute approximate surface area is 201 Å². The number of carboxylic acid groups (broad SMARTS) is 1. The van der Waals surface area contributed by atoms with Gasteiger partial charge in [0.15, 0.2) is 5.69 Å². The van der Waals surface area contributed by atoms with Gasteiger partial charge in [-0.3, -0.25) is 0 Å². The first kappa shape index (κ1) is 23.1. The van der Waals surface area contributed by atoms with Gasteiger partial charge >= 0.3 is 12.0 Å². The van der Waals surface area contributed by atoms with Crippen LogP contribution in [0.5, 0.6) is 0 Å². The lowest BCUT2D eigenvalue weighted by Gasteiger charge is -2.09. The molecule has 0 radical (unpaired) electrons. The smallest absolute Gasteiger partial charge is 0.357 e. The Balaban J connectivity index is 1.66. The minimum absolute atomic E-state index is 0.00674. The van der Waals surface area contributed by atoms with Crippen LogP contribution >= 0.6 is 0 Å². The summed E-state index contributed by atoms with van der Waals surface area (Å²) in [5.74, 6) is -1.90. The summed E-state index contributed by atoms with van der Waals surface area (Å²) in [4.78, 5) is 15.3. The monoisotopic (exact) mass is 498 g/mol. The van der Waals surface area contributed by atoms with E-state index in [1.165, 1.54) is 28.9 Å². The normalized spacial score (nSPS) is 14.3. The molecule has 2 heterocycles. The Kier molecular flexibility index (Phi) is 6.03. The van der Waals surface area contributed by atoms with Crippen molar-refractivity contribution >= 4 is 17.0 Å². The number of rotatable bonds is 8. The van der Waals surface area contributed by atoms with Gasteiger partial charge in [0.25, 0.3) is 0 Å². The van der Waals surface area contributed by atoms with E-state index in [4.69, 9.17) is 9.56 Å². The van der Waals surface area contributed by atoms with E-state index in [0.717, 1.165) is 30.4 Å². The number of aromatic nitrogens is 3. The molecular formula is C24H20F2N4O4S. The lowest BCUT2D eigenvalue weighted by Crippen LogP contribution is -2.07. The molecule has 0 aliphatic heterocycles. The van der Waals surface area contributed by atoms with Gasteiger partial charge in [0.05, 0.1) is 16.3 Å². The standard InChI is InChI=1S/C24H20F2N4O4S/c25-16-6-4-15(5-7-16)22-17(9-14-3-8-21(35(27)33)18(26)10-14)20(11-13-1-2-13)30(29-22)24-28-19(12-34-24)23(31)32/h3-8,10,12-13H,1-2,9,11,27H2,(H,31,32). The summed E-state index contributed by atoms with van der Waals surface area (Å²) in [6, 6.07) is 10.1. The van der Waals surface area contributed by atoms with Crippen molar-refractivity contribution in [3.63, 3.8) is 0 Å². The molecule has 3 N–H and O–H groups in total. The SMILES string of the molecule is NS(=O)c1ccc(Cc2c(-c3ccc(F)cc3)nn(-c3nc(C(=O)O)co3)c2CC2CC2)cc1F. The summed E-state index contributed by atoms with van der Waals surface area (Å²) in [6.07, 6.45) is 4.00. The molecule has 0 saturated heterocycles. The molecule has 180 valence electrons. The summed E-state index contributed by atoms with van der Waals surface area (Å²) in [6.45, 7) is 0. The second kappa shape index (κ2) is 9.16. The highest BCUT2D eigenvalue weighted by Crippen LogP contribution is 2.37. The molecule has 0 spiro atoms. The van der Waals surface area contributed by atoms with Crippen molar-refractivity contribution < 1.29 is 27.3 Å². The van der Waals surface area contributed by atoms with Crippen molar-refractivity contribution in [2.24, 2.45) is 11.1 Å². The first-order valence-electron chi connectivity index (χ1n) is 10.8. The Hall–Kier alpha value is -3.70. The van der Waals surface area contributed by atoms with Crippen LogP contribution in [0.1, 0.15) is 40.2 Å². The topological polar surface area (TPSA) is 124 Å². The Morgan fingerprint density at radius 1 is 1.20 bits per heavy atom. The van der Waals surface area contributed by atoms with E-state index in [9.17, 15) is 22.9 Å². The highest BCUT2D eigenvalue weighted by atomic mass is 32.2. The van der Waals surface area contributed by atoms with Crippen molar-refractivity contribution in [1.82, 2.24) is 14.8 Å². The molecule has 8 nitrogen and oxygen atoms in total. The number of hydrogen-bond donors (Lipinski definition) is 2. The fourth-order valence-electron chi connectivity index (χ4n) is 3.96. The van der Waals surface area contributed by atoms with Crippen molar-refractivity contribution in [2.45, 2.75) is 30.6 Å². The average Bonchev–Trinajstić information content (AvgIpc) is 3.37. The maximum absolute atomic E-state index is 14.5. The summed E-state index contributed by atoms with van der Waals surface area (Å²) < 4.78 is 46.6. The molecule has 0 bridgehead atoms. The lowest BCUT2D eigenvalue weighted by molar-refractivity contribution is 0.0690. The summed E-state index contributed by atoms with van der Waals surface area (Å²) in [5.41, 5.74) is 2.97. The van der Waals surface area contributed by atoms with Gasteiger partial charge in [0.1, 0.15) is 28.9 Å². The van der Waals surface area contributed by atoms with Crippen LogP contribution in [-0.4, -0.2) is 30.0 Å². The Bertz CT molecular complexity index is 1440. The lowest BCUT2D eigenvalue weighted by atomic mass is 9.97. The number of nitrogens with two attached hydrogens (primary N) is 1. The molecule has 5 rings (SSSR count). The van der Waals surface area contributed by atoms with Gasteiger partial charge < -0.3 is 9.52 Å². The van der Waals surface area contributed by atoms with Gasteiger partial charge in [-0.2, -0.15) is 14.8 Å². The molecule has 1 aliphatic rings. The first-order chi connectivity index (χ1) is 16.8. The summed E-state index contributed by atoms with van der Waals surface area (Å²) >= 11 is 0. The number of nitrogens with zero attached hydrogens (tertiary/aromatic N) is 3. The molecule has 1 unspecified atom stereocenters. The molecule has 1 saturated carbocycles. The number of aromatic carboxylic acids is 1. The van der Waals surface area contributed by atoms with Gasteiger partial charge in [0.2, 0.25) is 0 Å². The highest BCUT2D eigenvalue weighted by molar-refractivity contribution is 7.82. The van der Waals surface area contributed by atoms with Crippen molar-refractivity contribution in [1.29, 1.82) is 0 Å². The predicted octanol–water partition coefficient (Wildman–Crippen LogP) is 4.03. The predicted molar refractivity (Wildman–Crippen MR) is 122 cm³/mol.